The van der Waals surface area contributed by atoms with E-state index in [0.717, 1.165) is 5.56 Å². The number of hydrogen-bond acceptors (Lipinski definition) is 9. The zero-order valence-electron chi connectivity index (χ0n) is 22.6. The minimum atomic E-state index is -0.750. The number of halogens is 2. The van der Waals surface area contributed by atoms with Gasteiger partial charge in [-0.25, -0.2) is 9.37 Å². The van der Waals surface area contributed by atoms with Crippen LogP contribution in [0.3, 0.4) is 0 Å². The standard InChI is InChI=1S/C21H23FN2O7.C7H7ClO/c1-12(9-14-5-6-15(22)10-17(14)29-4)30-18(26)11-24-21(27)19-20(31-13(2)25)16(28-3)7-8-23-19;1-5-2-3-7(9)6(8)4-5/h5-8,10,12H,9,11H2,1-4H3,(H,24,27);2-4,9H,1H3. The van der Waals surface area contributed by atoms with Gasteiger partial charge in [-0.05, 0) is 43.2 Å². The van der Waals surface area contributed by atoms with E-state index in [2.05, 4.69) is 10.3 Å². The average molecular weight is 577 g/mol. The van der Waals surface area contributed by atoms with Crippen LogP contribution in [0.1, 0.15) is 35.5 Å². The number of hydrogen-bond donors (Lipinski definition) is 2. The molecule has 1 atom stereocenters. The first-order chi connectivity index (χ1) is 18.9. The molecule has 12 heteroatoms. The van der Waals surface area contributed by atoms with Crippen LogP contribution in [0, 0.1) is 12.7 Å². The maximum absolute atomic E-state index is 13.3. The molecule has 2 aromatic carbocycles. The summed E-state index contributed by atoms with van der Waals surface area (Å²) in [5, 5.41) is 11.7. The highest BCUT2D eigenvalue weighted by atomic mass is 35.5. The van der Waals surface area contributed by atoms with E-state index in [-0.39, 0.29) is 29.4 Å². The Hall–Kier alpha value is -4.38. The van der Waals surface area contributed by atoms with Crippen LogP contribution in [0.5, 0.6) is 23.0 Å². The number of phenols is 1. The van der Waals surface area contributed by atoms with E-state index >= 15 is 0 Å². The molecule has 1 heterocycles. The second-order valence-corrected chi connectivity index (χ2v) is 8.79. The number of aromatic nitrogens is 1. The summed E-state index contributed by atoms with van der Waals surface area (Å²) in [6.07, 6.45) is 1.03. The fraction of sp³-hybridized carbons (Fsp3) is 0.286. The van der Waals surface area contributed by atoms with Gasteiger partial charge in [-0.2, -0.15) is 0 Å². The molecule has 0 aliphatic carbocycles. The molecule has 0 radical (unpaired) electrons. The van der Waals surface area contributed by atoms with Crippen LogP contribution in [-0.2, 0) is 20.7 Å². The number of methoxy groups -OCH3 is 2. The number of phenolic OH excluding ortho intramolecular Hbond substituents is 1. The first kappa shape index (κ1) is 31.8. The lowest BCUT2D eigenvalue weighted by molar-refractivity contribution is -0.146. The van der Waals surface area contributed by atoms with Gasteiger partial charge in [-0.1, -0.05) is 23.7 Å². The van der Waals surface area contributed by atoms with Crippen LogP contribution in [0.2, 0.25) is 5.02 Å². The van der Waals surface area contributed by atoms with Gasteiger partial charge in [0, 0.05) is 31.7 Å². The lowest BCUT2D eigenvalue weighted by Gasteiger charge is -2.16. The third kappa shape index (κ3) is 9.73. The molecule has 0 bridgehead atoms. The first-order valence-electron chi connectivity index (χ1n) is 11.9. The number of nitrogens with one attached hydrogen (secondary N) is 1. The lowest BCUT2D eigenvalue weighted by atomic mass is 10.1. The Morgan fingerprint density at radius 1 is 1.07 bits per heavy atom. The van der Waals surface area contributed by atoms with Crippen molar-refractivity contribution >= 4 is 29.4 Å². The Morgan fingerprint density at radius 3 is 2.38 bits per heavy atom. The molecule has 1 amide bonds. The number of pyridine rings is 1. The van der Waals surface area contributed by atoms with Crippen LogP contribution >= 0.6 is 11.6 Å². The monoisotopic (exact) mass is 576 g/mol. The van der Waals surface area contributed by atoms with Gasteiger partial charge < -0.3 is 29.4 Å². The van der Waals surface area contributed by atoms with Crippen molar-refractivity contribution in [2.24, 2.45) is 0 Å². The zero-order valence-corrected chi connectivity index (χ0v) is 23.4. The predicted octanol–water partition coefficient (Wildman–Crippen LogP) is 4.42. The predicted molar refractivity (Wildman–Crippen MR) is 144 cm³/mol. The number of carbonyl (C=O) groups excluding carboxylic acids is 3. The van der Waals surface area contributed by atoms with E-state index in [1.54, 1.807) is 31.2 Å². The minimum Gasteiger partial charge on any atom is -0.506 e. The summed E-state index contributed by atoms with van der Waals surface area (Å²) >= 11 is 5.56. The van der Waals surface area contributed by atoms with Gasteiger partial charge in [-0.3, -0.25) is 14.4 Å². The maximum atomic E-state index is 13.3. The van der Waals surface area contributed by atoms with Gasteiger partial charge >= 0.3 is 11.9 Å². The van der Waals surface area contributed by atoms with Crippen molar-refractivity contribution < 1.29 is 42.8 Å². The lowest BCUT2D eigenvalue weighted by Crippen LogP contribution is -2.33. The number of benzene rings is 2. The number of carbonyl (C=O) groups is 3. The highest BCUT2D eigenvalue weighted by Gasteiger charge is 2.22. The van der Waals surface area contributed by atoms with Crippen molar-refractivity contribution in [2.45, 2.75) is 33.3 Å². The van der Waals surface area contributed by atoms with Crippen molar-refractivity contribution in [3.63, 3.8) is 0 Å². The zero-order chi connectivity index (χ0) is 29.8. The number of nitrogens with zero attached hydrogens (tertiary/aromatic N) is 1. The highest BCUT2D eigenvalue weighted by molar-refractivity contribution is 6.32. The fourth-order valence-corrected chi connectivity index (χ4v) is 3.58. The Kier molecular flexibility index (Phi) is 12.2. The number of aryl methyl sites for hydroxylation is 1. The van der Waals surface area contributed by atoms with Crippen LogP contribution in [0.25, 0.3) is 0 Å². The number of aromatic hydroxyl groups is 1. The Morgan fingerprint density at radius 2 is 1.77 bits per heavy atom. The van der Waals surface area contributed by atoms with E-state index in [4.69, 9.17) is 35.7 Å². The normalized spacial score (nSPS) is 10.9. The van der Waals surface area contributed by atoms with E-state index in [1.165, 1.54) is 45.5 Å². The van der Waals surface area contributed by atoms with Gasteiger partial charge in [0.1, 0.15) is 30.0 Å². The Balaban J connectivity index is 0.000000526. The second kappa shape index (κ2) is 15.3. The van der Waals surface area contributed by atoms with Gasteiger partial charge in [0.2, 0.25) is 5.75 Å². The number of amides is 1. The van der Waals surface area contributed by atoms with Crippen molar-refractivity contribution in [2.75, 3.05) is 20.8 Å². The average Bonchev–Trinajstić information content (AvgIpc) is 2.90. The van der Waals surface area contributed by atoms with Crippen molar-refractivity contribution in [1.29, 1.82) is 0 Å². The Labute approximate surface area is 236 Å². The molecule has 0 saturated heterocycles. The molecule has 0 spiro atoms. The molecule has 0 saturated carbocycles. The van der Waals surface area contributed by atoms with Gasteiger partial charge in [0.25, 0.3) is 5.91 Å². The molecule has 2 N–H and O–H groups in total. The molecule has 0 fully saturated rings. The number of esters is 2. The number of ether oxygens (including phenoxy) is 4. The quantitative estimate of drug-likeness (QED) is 0.355. The first-order valence-corrected chi connectivity index (χ1v) is 12.3. The number of rotatable bonds is 9. The smallest absolute Gasteiger partial charge is 0.325 e. The van der Waals surface area contributed by atoms with Crippen LogP contribution in [0.4, 0.5) is 4.39 Å². The topological polar surface area (TPSA) is 133 Å². The van der Waals surface area contributed by atoms with Crippen LogP contribution in [0.15, 0.2) is 48.7 Å². The summed E-state index contributed by atoms with van der Waals surface area (Å²) in [6.45, 7) is 4.31. The molecule has 1 unspecified atom stereocenters. The van der Waals surface area contributed by atoms with E-state index in [9.17, 15) is 18.8 Å². The SMILES string of the molecule is COc1cc(F)ccc1CC(C)OC(=O)CNC(=O)c1nccc(OC)c1OC(C)=O.Cc1ccc(O)c(Cl)c1. The summed E-state index contributed by atoms with van der Waals surface area (Å²) in [5.74, 6) is -2.07. The molecule has 3 aromatic rings. The Bertz CT molecular complexity index is 1350. The summed E-state index contributed by atoms with van der Waals surface area (Å²) in [7, 11) is 2.76. The minimum absolute atomic E-state index is 0.139. The molecule has 40 heavy (non-hydrogen) atoms. The largest absolute Gasteiger partial charge is 0.506 e. The molecule has 214 valence electrons. The van der Waals surface area contributed by atoms with E-state index in [0.29, 0.717) is 16.3 Å². The highest BCUT2D eigenvalue weighted by Crippen LogP contribution is 2.29. The van der Waals surface area contributed by atoms with Crippen molar-refractivity contribution in [3.8, 4) is 23.0 Å². The molecular formula is C28H30ClFN2O8. The molecule has 10 nitrogen and oxygen atoms in total. The van der Waals surface area contributed by atoms with Crippen LogP contribution in [-0.4, -0.2) is 54.8 Å². The van der Waals surface area contributed by atoms with E-state index in [1.807, 2.05) is 6.92 Å². The third-order valence-electron chi connectivity index (χ3n) is 5.13. The van der Waals surface area contributed by atoms with Crippen molar-refractivity contribution in [3.05, 3.63) is 76.3 Å². The van der Waals surface area contributed by atoms with Gasteiger partial charge in [-0.15, -0.1) is 0 Å². The summed E-state index contributed by atoms with van der Waals surface area (Å²) in [6, 6.07) is 10.6. The fourth-order valence-electron chi connectivity index (χ4n) is 3.35. The molecular weight excluding hydrogens is 547 g/mol. The van der Waals surface area contributed by atoms with Crippen LogP contribution < -0.4 is 19.5 Å². The summed E-state index contributed by atoms with van der Waals surface area (Å²) in [5.41, 5.74) is 1.50. The van der Waals surface area contributed by atoms with Crippen molar-refractivity contribution in [1.82, 2.24) is 10.3 Å². The summed E-state index contributed by atoms with van der Waals surface area (Å²) in [4.78, 5) is 39.8. The third-order valence-corrected chi connectivity index (χ3v) is 5.44. The molecule has 3 rings (SSSR count). The molecule has 0 aliphatic heterocycles. The summed E-state index contributed by atoms with van der Waals surface area (Å²) < 4.78 is 33.8. The molecule has 0 aliphatic rings. The van der Waals surface area contributed by atoms with Gasteiger partial charge in [0.05, 0.1) is 19.2 Å². The maximum Gasteiger partial charge on any atom is 0.325 e. The second-order valence-electron chi connectivity index (χ2n) is 8.38. The van der Waals surface area contributed by atoms with Gasteiger partial charge in [0.15, 0.2) is 11.4 Å². The van der Waals surface area contributed by atoms with E-state index < -0.39 is 36.3 Å². The molecule has 1 aromatic heterocycles.